The minimum absolute atomic E-state index is 0.0222. The molecule has 0 radical (unpaired) electrons. The van der Waals surface area contributed by atoms with Gasteiger partial charge in [0.05, 0.1) is 18.8 Å². The number of allylic oxidation sites excluding steroid dienone is 3. The Morgan fingerprint density at radius 2 is 1.52 bits per heavy atom. The number of carbonyl (C=O) groups is 3. The van der Waals surface area contributed by atoms with Gasteiger partial charge in [0.15, 0.2) is 6.10 Å². The predicted molar refractivity (Wildman–Crippen MR) is 194 cm³/mol. The number of hydrogen-bond acceptors (Lipinski definition) is 9. The fourth-order valence-corrected chi connectivity index (χ4v) is 6.40. The van der Waals surface area contributed by atoms with Crippen molar-refractivity contribution in [2.24, 2.45) is 17.8 Å². The first-order chi connectivity index (χ1) is 23.9. The summed E-state index contributed by atoms with van der Waals surface area (Å²) in [6.07, 6.45) is 21.4. The molecule has 290 valence electrons. The third-order valence-electron chi connectivity index (χ3n) is 9.39. The Bertz CT molecular complexity index is 1040. The number of Topliss-reactive ketones (excluding diaryl/α,β-unsaturated/α-hetero) is 1. The van der Waals surface area contributed by atoms with Gasteiger partial charge >= 0.3 is 19.8 Å². The largest absolute Gasteiger partial charge is 0.469 e. The summed E-state index contributed by atoms with van der Waals surface area (Å²) in [7, 11) is -4.82. The van der Waals surface area contributed by atoms with Crippen LogP contribution in [0, 0.1) is 17.8 Å². The number of rotatable bonds is 30. The van der Waals surface area contributed by atoms with E-state index in [-0.39, 0.29) is 37.6 Å². The molecule has 12 heteroatoms. The van der Waals surface area contributed by atoms with Crippen LogP contribution in [0.4, 0.5) is 0 Å². The number of aliphatic hydroxyl groups excluding tert-OH is 2. The van der Waals surface area contributed by atoms with Crippen molar-refractivity contribution in [1.82, 2.24) is 0 Å². The lowest BCUT2D eigenvalue weighted by Crippen LogP contribution is -2.29. The van der Waals surface area contributed by atoms with E-state index in [1.54, 1.807) is 12.2 Å². The maximum absolute atomic E-state index is 12.5. The van der Waals surface area contributed by atoms with Crippen LogP contribution >= 0.6 is 7.82 Å². The molecule has 50 heavy (non-hydrogen) atoms. The summed E-state index contributed by atoms with van der Waals surface area (Å²) in [6.45, 7) is 5.64. The SMILES string of the molecule is CCCCC[C@H](O)/C=C/[C@H]1C(=O)C[C@H](O)[C@@H]1C/C=C\CCCC(=O)O[C@H](COC(=O)CCCCCCCCCCC(C)CC)COP(=O)(O)O. The average Bonchev–Trinajstić information content (AvgIpc) is 3.34. The molecule has 11 nitrogen and oxygen atoms in total. The number of phosphoric ester groups is 1. The molecule has 4 N–H and O–H groups in total. The molecular weight excluding hydrogens is 663 g/mol. The minimum Gasteiger partial charge on any atom is -0.462 e. The highest BCUT2D eigenvalue weighted by atomic mass is 31.2. The van der Waals surface area contributed by atoms with Gasteiger partial charge in [-0.3, -0.25) is 18.9 Å². The van der Waals surface area contributed by atoms with Crippen molar-refractivity contribution in [3.8, 4) is 0 Å². The van der Waals surface area contributed by atoms with Gasteiger partial charge in [-0.1, -0.05) is 122 Å². The fourth-order valence-electron chi connectivity index (χ4n) is 6.03. The number of carbonyl (C=O) groups excluding carboxylic acids is 3. The molecule has 1 saturated carbocycles. The first kappa shape index (κ1) is 46.1. The fraction of sp³-hybridized carbons (Fsp3) is 0.816. The average molecular weight is 731 g/mol. The lowest BCUT2D eigenvalue weighted by atomic mass is 9.90. The topological polar surface area (TPSA) is 177 Å². The van der Waals surface area contributed by atoms with E-state index in [1.165, 1.54) is 38.5 Å². The van der Waals surface area contributed by atoms with Crippen LogP contribution in [0.25, 0.3) is 0 Å². The van der Waals surface area contributed by atoms with E-state index in [4.69, 9.17) is 19.3 Å². The Morgan fingerprint density at radius 1 is 0.880 bits per heavy atom. The second kappa shape index (κ2) is 27.7. The first-order valence-electron chi connectivity index (χ1n) is 19.1. The zero-order valence-corrected chi connectivity index (χ0v) is 31.8. The molecule has 0 bridgehead atoms. The van der Waals surface area contributed by atoms with Gasteiger partial charge in [-0.15, -0.1) is 0 Å². The standard InChI is InChI=1S/C38H67O11P/c1-4-6-15-21-31(39)25-26-34-33(35(40)27-36(34)41)22-17-13-14-19-24-38(43)49-32(29-48-50(44,45)46)28-47-37(42)23-18-12-10-8-7-9-11-16-20-30(3)5-2/h13,17,25-26,30-35,39-40H,4-12,14-16,18-24,27-29H2,1-3H3,(H2,44,45,46)/b17-13-,26-25+/t30?,31-,32+,33+,34+,35-/m0/s1. The van der Waals surface area contributed by atoms with Gasteiger partial charge in [0.25, 0.3) is 0 Å². The molecule has 1 fully saturated rings. The third-order valence-corrected chi connectivity index (χ3v) is 9.88. The summed E-state index contributed by atoms with van der Waals surface area (Å²) in [5.74, 6) is -1.04. The van der Waals surface area contributed by atoms with Crippen molar-refractivity contribution >= 4 is 25.5 Å². The molecule has 0 aromatic heterocycles. The first-order valence-corrected chi connectivity index (χ1v) is 20.7. The maximum atomic E-state index is 12.5. The zero-order chi connectivity index (χ0) is 37.2. The van der Waals surface area contributed by atoms with Crippen LogP contribution < -0.4 is 0 Å². The molecule has 0 aliphatic heterocycles. The van der Waals surface area contributed by atoms with E-state index in [0.29, 0.717) is 32.1 Å². The van der Waals surface area contributed by atoms with Gasteiger partial charge < -0.3 is 29.5 Å². The van der Waals surface area contributed by atoms with Crippen molar-refractivity contribution < 1.29 is 52.9 Å². The highest BCUT2D eigenvalue weighted by Crippen LogP contribution is 2.36. The van der Waals surface area contributed by atoms with E-state index in [1.807, 2.05) is 12.2 Å². The summed E-state index contributed by atoms with van der Waals surface area (Å²) >= 11 is 0. The van der Waals surface area contributed by atoms with Crippen LogP contribution in [0.1, 0.15) is 149 Å². The van der Waals surface area contributed by atoms with E-state index >= 15 is 0 Å². The van der Waals surface area contributed by atoms with Crippen LogP contribution in [0.5, 0.6) is 0 Å². The lowest BCUT2D eigenvalue weighted by Gasteiger charge is -2.18. The molecule has 1 aliphatic carbocycles. The second-order valence-corrected chi connectivity index (χ2v) is 15.2. The summed E-state index contributed by atoms with van der Waals surface area (Å²) in [6, 6.07) is 0. The number of ketones is 1. The van der Waals surface area contributed by atoms with Crippen LogP contribution in [-0.2, 0) is 32.9 Å². The van der Waals surface area contributed by atoms with Gasteiger partial charge in [-0.2, -0.15) is 0 Å². The highest BCUT2D eigenvalue weighted by molar-refractivity contribution is 7.46. The van der Waals surface area contributed by atoms with E-state index in [9.17, 15) is 29.2 Å². The smallest absolute Gasteiger partial charge is 0.462 e. The zero-order valence-electron chi connectivity index (χ0n) is 30.9. The van der Waals surface area contributed by atoms with E-state index in [0.717, 1.165) is 44.4 Å². The van der Waals surface area contributed by atoms with Crippen molar-refractivity contribution in [3.05, 3.63) is 24.3 Å². The molecule has 1 unspecified atom stereocenters. The summed E-state index contributed by atoms with van der Waals surface area (Å²) < 4.78 is 26.3. The molecular formula is C38H67O11P. The Balaban J connectivity index is 2.37. The van der Waals surface area contributed by atoms with Crippen molar-refractivity contribution in [2.45, 2.75) is 167 Å². The van der Waals surface area contributed by atoms with Gasteiger partial charge in [0.2, 0.25) is 0 Å². The summed E-state index contributed by atoms with van der Waals surface area (Å²) in [5, 5.41) is 20.6. The molecule has 1 aliphatic rings. The predicted octanol–water partition coefficient (Wildman–Crippen LogP) is 7.68. The van der Waals surface area contributed by atoms with Gasteiger partial charge in [0, 0.05) is 31.1 Å². The molecule has 0 aromatic rings. The number of hydrogen-bond donors (Lipinski definition) is 4. The molecule has 1 rings (SSSR count). The number of aliphatic hydroxyl groups is 2. The number of phosphoric acid groups is 1. The number of unbranched alkanes of at least 4 members (excludes halogenated alkanes) is 10. The third kappa shape index (κ3) is 23.6. The van der Waals surface area contributed by atoms with Crippen LogP contribution in [0.15, 0.2) is 24.3 Å². The lowest BCUT2D eigenvalue weighted by molar-refractivity contribution is -0.161. The Labute approximate surface area is 300 Å². The van der Waals surface area contributed by atoms with E-state index in [2.05, 4.69) is 25.3 Å². The Morgan fingerprint density at radius 3 is 2.18 bits per heavy atom. The molecule has 6 atom stereocenters. The monoisotopic (exact) mass is 730 g/mol. The molecule has 0 aromatic carbocycles. The summed E-state index contributed by atoms with van der Waals surface area (Å²) in [5.41, 5.74) is 0. The normalized spacial score (nSPS) is 20.1. The van der Waals surface area contributed by atoms with Crippen LogP contribution in [0.2, 0.25) is 0 Å². The molecule has 0 spiro atoms. The van der Waals surface area contributed by atoms with Crippen LogP contribution in [0.3, 0.4) is 0 Å². The summed E-state index contributed by atoms with van der Waals surface area (Å²) in [4.78, 5) is 55.3. The Kier molecular flexibility index (Phi) is 25.6. The number of ether oxygens (including phenoxy) is 2. The van der Waals surface area contributed by atoms with Gasteiger partial charge in [0.1, 0.15) is 12.4 Å². The molecule has 0 heterocycles. The maximum Gasteiger partial charge on any atom is 0.469 e. The number of esters is 2. The highest BCUT2D eigenvalue weighted by Gasteiger charge is 2.39. The van der Waals surface area contributed by atoms with Crippen molar-refractivity contribution in [3.63, 3.8) is 0 Å². The quantitative estimate of drug-likeness (QED) is 0.0247. The van der Waals surface area contributed by atoms with E-state index < -0.39 is 50.6 Å². The molecule has 0 saturated heterocycles. The van der Waals surface area contributed by atoms with Gasteiger partial charge in [-0.05, 0) is 38.0 Å². The molecule has 0 amide bonds. The Hall–Kier alpha value is -1.88. The van der Waals surface area contributed by atoms with Crippen molar-refractivity contribution in [2.75, 3.05) is 13.2 Å². The van der Waals surface area contributed by atoms with Gasteiger partial charge in [-0.25, -0.2) is 4.57 Å². The van der Waals surface area contributed by atoms with Crippen LogP contribution in [-0.4, -0.2) is 69.2 Å². The van der Waals surface area contributed by atoms with Crippen molar-refractivity contribution in [1.29, 1.82) is 0 Å². The second-order valence-electron chi connectivity index (χ2n) is 13.9. The minimum atomic E-state index is -4.82.